The number of oxime groups is 1. The summed E-state index contributed by atoms with van der Waals surface area (Å²) in [6.45, 7) is 19.5. The van der Waals surface area contributed by atoms with Crippen molar-refractivity contribution in [2.75, 3.05) is 47.4 Å². The summed E-state index contributed by atoms with van der Waals surface area (Å²) in [5.74, 6) is -4.00. The average molecular weight is 891 g/mol. The van der Waals surface area contributed by atoms with Crippen molar-refractivity contribution in [3.05, 3.63) is 0 Å². The molecule has 0 bridgehead atoms. The molecule has 17 nitrogen and oxygen atoms in total. The molecule has 3 rings (SSSR count). The molecule has 3 saturated heterocycles. The van der Waals surface area contributed by atoms with Gasteiger partial charge in [0.05, 0.1) is 53.4 Å². The van der Waals surface area contributed by atoms with E-state index in [4.69, 9.17) is 39.0 Å². The fourth-order valence-corrected chi connectivity index (χ4v) is 9.70. The Morgan fingerprint density at radius 2 is 1.56 bits per heavy atom. The number of carbonyl (C=O) groups excluding carboxylic acids is 1. The Morgan fingerprint density at radius 3 is 2.18 bits per heavy atom. The zero-order valence-corrected chi connectivity index (χ0v) is 40.1. The number of rotatable bonds is 17. The van der Waals surface area contributed by atoms with Crippen LogP contribution in [0.15, 0.2) is 5.16 Å². The van der Waals surface area contributed by atoms with Crippen LogP contribution in [0.2, 0.25) is 0 Å². The molecule has 0 aromatic rings. The number of cyclic esters (lactones) is 1. The number of nitrogens with two attached hydrogens (primary N) is 1. The number of aliphatic hydroxyl groups is 5. The summed E-state index contributed by atoms with van der Waals surface area (Å²) >= 11 is 0. The quantitative estimate of drug-likeness (QED) is 0.0632. The normalized spacial score (nSPS) is 43.6. The molecule has 0 saturated carbocycles. The van der Waals surface area contributed by atoms with Gasteiger partial charge >= 0.3 is 5.97 Å². The van der Waals surface area contributed by atoms with E-state index in [0.29, 0.717) is 25.2 Å². The van der Waals surface area contributed by atoms with E-state index in [1.807, 2.05) is 32.8 Å². The molecule has 8 N–H and O–H groups in total. The molecule has 3 aliphatic heterocycles. The van der Waals surface area contributed by atoms with E-state index in [0.717, 1.165) is 32.2 Å². The first-order chi connectivity index (χ1) is 29.0. The van der Waals surface area contributed by atoms with Gasteiger partial charge in [0.1, 0.15) is 30.5 Å². The number of likely N-dealkylation sites (N-methyl/N-ethyl adjacent to an activating group) is 1. The minimum atomic E-state index is -1.94. The zero-order valence-electron chi connectivity index (χ0n) is 40.1. The van der Waals surface area contributed by atoms with Crippen molar-refractivity contribution in [1.29, 1.82) is 0 Å². The maximum atomic E-state index is 14.4. The monoisotopic (exact) mass is 891 g/mol. The number of hydrogen-bond acceptors (Lipinski definition) is 17. The first-order valence-electron chi connectivity index (χ1n) is 23.1. The third-order valence-electron chi connectivity index (χ3n) is 13.7. The second-order valence-corrected chi connectivity index (χ2v) is 19.4. The van der Waals surface area contributed by atoms with Crippen LogP contribution in [-0.2, 0) is 38.1 Å². The van der Waals surface area contributed by atoms with Crippen LogP contribution in [-0.4, -0.2) is 174 Å². The smallest absolute Gasteiger partial charge is 0.311 e. The molecule has 0 radical (unpaired) electrons. The van der Waals surface area contributed by atoms with Crippen LogP contribution in [0.4, 0.5) is 0 Å². The number of esters is 1. The Balaban J connectivity index is 2.14. The van der Waals surface area contributed by atoms with Crippen LogP contribution in [0.1, 0.15) is 121 Å². The summed E-state index contributed by atoms with van der Waals surface area (Å²) < 4.78 is 37.9. The van der Waals surface area contributed by atoms with Crippen molar-refractivity contribution in [3.63, 3.8) is 0 Å². The van der Waals surface area contributed by atoms with Gasteiger partial charge in [0.15, 0.2) is 12.6 Å². The summed E-state index contributed by atoms with van der Waals surface area (Å²) in [7, 11) is 5.25. The third kappa shape index (κ3) is 14.0. The number of nitrogens with zero attached hydrogens (tertiary/aromatic N) is 2. The van der Waals surface area contributed by atoms with Gasteiger partial charge in [0.2, 0.25) is 0 Å². The molecule has 0 aromatic carbocycles. The number of hydrogen-bond donors (Lipinski definition) is 7. The molecule has 3 heterocycles. The Hall–Kier alpha value is -1.58. The Labute approximate surface area is 371 Å². The molecule has 364 valence electrons. The standard InChI is InChI=1S/C45H86N4O13/c1-14-33-45(10,55)38(51)28(4)35(48-57-22-21-47-20-18-16-15-17-19-46)26(2)24-43(8,54)40(62-42-36(50)32(49(11)12)23-27(3)58-42)29(5)37(30(6)41(53)60-33)61-34-25-44(9,56-13)39(52)31(7)59-34/h26-34,36-40,42,47,50-52,54-55H,14-25,46H2,1-13H3/t26-,27?,28+,29+,30-,31?,32?,33-,34?,36?,37+,38-,39?,40-,42?,43-,44?,45-/m1/s1. The predicted octanol–water partition coefficient (Wildman–Crippen LogP) is 2.70. The largest absolute Gasteiger partial charge is 0.459 e. The van der Waals surface area contributed by atoms with E-state index >= 15 is 0 Å². The van der Waals surface area contributed by atoms with Crippen molar-refractivity contribution >= 4 is 11.7 Å². The van der Waals surface area contributed by atoms with E-state index in [-0.39, 0.29) is 38.0 Å². The zero-order chi connectivity index (χ0) is 46.7. The molecule has 0 aromatic heterocycles. The maximum absolute atomic E-state index is 14.4. The van der Waals surface area contributed by atoms with Gasteiger partial charge in [-0.2, -0.15) is 0 Å². The highest BCUT2D eigenvalue weighted by Crippen LogP contribution is 2.41. The minimum Gasteiger partial charge on any atom is -0.459 e. The van der Waals surface area contributed by atoms with Crippen LogP contribution in [0.5, 0.6) is 0 Å². The van der Waals surface area contributed by atoms with Gasteiger partial charge in [-0.3, -0.25) is 4.79 Å². The number of methoxy groups -OCH3 is 1. The van der Waals surface area contributed by atoms with Gasteiger partial charge in [-0.1, -0.05) is 45.7 Å². The summed E-state index contributed by atoms with van der Waals surface area (Å²) in [4.78, 5) is 22.2. The Morgan fingerprint density at radius 1 is 0.903 bits per heavy atom. The molecule has 0 amide bonds. The van der Waals surface area contributed by atoms with Crippen molar-refractivity contribution in [3.8, 4) is 0 Å². The second kappa shape index (κ2) is 24.3. The van der Waals surface area contributed by atoms with E-state index in [9.17, 15) is 30.3 Å². The first kappa shape index (κ1) is 54.8. The lowest BCUT2D eigenvalue weighted by molar-refractivity contribution is -0.317. The van der Waals surface area contributed by atoms with Crippen molar-refractivity contribution in [2.45, 2.75) is 205 Å². The maximum Gasteiger partial charge on any atom is 0.311 e. The highest BCUT2D eigenvalue weighted by atomic mass is 16.7. The average Bonchev–Trinajstić information content (AvgIpc) is 3.21. The van der Waals surface area contributed by atoms with Crippen LogP contribution < -0.4 is 11.1 Å². The van der Waals surface area contributed by atoms with Gasteiger partial charge in [-0.05, 0) is 101 Å². The van der Waals surface area contributed by atoms with Crippen LogP contribution in [0, 0.1) is 23.7 Å². The minimum absolute atomic E-state index is 0.00753. The van der Waals surface area contributed by atoms with Gasteiger partial charge < -0.3 is 74.7 Å². The first-order valence-corrected chi connectivity index (χ1v) is 23.1. The lowest BCUT2D eigenvalue weighted by Gasteiger charge is -2.49. The molecule has 3 aliphatic rings. The molecule has 8 unspecified atom stereocenters. The highest BCUT2D eigenvalue weighted by molar-refractivity contribution is 5.88. The van der Waals surface area contributed by atoms with Gasteiger partial charge in [0, 0.05) is 43.9 Å². The summed E-state index contributed by atoms with van der Waals surface area (Å²) in [5.41, 5.74) is 1.25. The van der Waals surface area contributed by atoms with Crippen LogP contribution in [0.3, 0.4) is 0 Å². The lowest BCUT2D eigenvalue weighted by atomic mass is 9.73. The van der Waals surface area contributed by atoms with Crippen molar-refractivity contribution in [1.82, 2.24) is 10.2 Å². The highest BCUT2D eigenvalue weighted by Gasteiger charge is 2.53. The van der Waals surface area contributed by atoms with Gasteiger partial charge in [0.25, 0.3) is 0 Å². The number of carbonyl (C=O) groups is 1. The fourth-order valence-electron chi connectivity index (χ4n) is 9.70. The molecule has 18 atom stereocenters. The Bertz CT molecular complexity index is 1370. The molecule has 3 fully saturated rings. The molecule has 0 spiro atoms. The molecule has 62 heavy (non-hydrogen) atoms. The molecular weight excluding hydrogens is 805 g/mol. The van der Waals surface area contributed by atoms with Gasteiger partial charge in [-0.15, -0.1) is 0 Å². The number of ether oxygens (including phenoxy) is 6. The third-order valence-corrected chi connectivity index (χ3v) is 13.7. The van der Waals surface area contributed by atoms with Crippen LogP contribution >= 0.6 is 0 Å². The topological polar surface area (TPSA) is 236 Å². The predicted molar refractivity (Wildman–Crippen MR) is 235 cm³/mol. The molecule has 0 aliphatic carbocycles. The van der Waals surface area contributed by atoms with Crippen LogP contribution in [0.25, 0.3) is 0 Å². The molecular formula is C45H86N4O13. The Kier molecular flexibility index (Phi) is 21.4. The van der Waals surface area contributed by atoms with Crippen molar-refractivity contribution in [2.24, 2.45) is 34.6 Å². The fraction of sp³-hybridized carbons (Fsp3) is 0.956. The van der Waals surface area contributed by atoms with E-state index < -0.39 is 102 Å². The molecule has 17 heteroatoms. The van der Waals surface area contributed by atoms with Crippen molar-refractivity contribution < 1.29 is 63.6 Å². The van der Waals surface area contributed by atoms with E-state index in [1.165, 1.54) is 14.0 Å². The SMILES string of the molecule is CC[C@H]1OC(=O)[C@H](C)[C@@H](OC2CC(C)(OC)C(O)C(C)O2)[C@H](C)[C@@H](OC2OC(C)CC(N(C)C)C2O)[C@](C)(O)C[C@@H](C)C(=NOCCNCCCCCCN)[C@H](C)[C@@H](O)[C@]1(C)O. The van der Waals surface area contributed by atoms with Gasteiger partial charge in [-0.25, -0.2) is 0 Å². The summed E-state index contributed by atoms with van der Waals surface area (Å²) in [6.07, 6.45) is -5.10. The number of nitrogens with one attached hydrogen (secondary N) is 1. The summed E-state index contributed by atoms with van der Waals surface area (Å²) in [6, 6.07) is -0.319. The number of unbranched alkanes of at least 4 members (excludes halogenated alkanes) is 3. The van der Waals surface area contributed by atoms with E-state index in [2.05, 4.69) is 10.5 Å². The second-order valence-electron chi connectivity index (χ2n) is 19.4. The van der Waals surface area contributed by atoms with E-state index in [1.54, 1.807) is 48.5 Å². The summed E-state index contributed by atoms with van der Waals surface area (Å²) in [5, 5.41) is 67.5. The lowest BCUT2D eigenvalue weighted by Crippen LogP contribution is -2.61. The number of aliphatic hydroxyl groups excluding tert-OH is 3.